The van der Waals surface area contributed by atoms with Gasteiger partial charge in [-0.1, -0.05) is 121 Å². The Hall–Kier alpha value is -6.85. The fourth-order valence-corrected chi connectivity index (χ4v) is 6.13. The quantitative estimate of drug-likeness (QED) is 0.185. The predicted molar refractivity (Wildman–Crippen MR) is 202 cm³/mol. The number of hydrogen-bond donors (Lipinski definition) is 0. The van der Waals surface area contributed by atoms with Crippen LogP contribution in [0.25, 0.3) is 100 Å². The summed E-state index contributed by atoms with van der Waals surface area (Å²) >= 11 is 0. The summed E-state index contributed by atoms with van der Waals surface area (Å²) in [7, 11) is 0. The second-order valence-electron chi connectivity index (χ2n) is 11.5. The van der Waals surface area contributed by atoms with E-state index in [1.807, 2.05) is 91.0 Å². The highest BCUT2D eigenvalue weighted by Crippen LogP contribution is 2.38. The molecule has 0 unspecified atom stereocenters. The molecule has 0 radical (unpaired) electrons. The van der Waals surface area contributed by atoms with Crippen molar-refractivity contribution in [3.8, 4) is 56.4 Å². The molecule has 3 aromatic heterocycles. The van der Waals surface area contributed by atoms with E-state index >= 15 is 0 Å². The molecule has 0 saturated carbocycles. The van der Waals surface area contributed by atoms with Crippen LogP contribution in [0.2, 0.25) is 0 Å². The normalized spacial score (nSPS) is 14.7. The number of hydrogen-bond acceptors (Lipinski definition) is 5. The fraction of sp³-hybridized carbons (Fsp3) is 0. The minimum Gasteiger partial charge on any atom is -0.456 e. The molecular weight excluding hydrogens is 615 g/mol. The first-order valence-electron chi connectivity index (χ1n) is 21.2. The third kappa shape index (κ3) is 4.75. The van der Waals surface area contributed by atoms with Gasteiger partial charge in [0.1, 0.15) is 22.3 Å². The number of fused-ring (bicyclic) bond motifs is 6. The molecule has 234 valence electrons. The van der Waals surface area contributed by atoms with Crippen LogP contribution < -0.4 is 0 Å². The lowest BCUT2D eigenvalue weighted by molar-refractivity contribution is 0.668. The van der Waals surface area contributed by atoms with Gasteiger partial charge in [-0.2, -0.15) is 0 Å². The van der Waals surface area contributed by atoms with Crippen LogP contribution in [-0.4, -0.2) is 15.0 Å². The van der Waals surface area contributed by atoms with Crippen molar-refractivity contribution in [2.24, 2.45) is 0 Å². The summed E-state index contributed by atoms with van der Waals surface area (Å²) in [4.78, 5) is 14.6. The summed E-state index contributed by atoms with van der Waals surface area (Å²) in [6.45, 7) is 0. The number of furan rings is 2. The van der Waals surface area contributed by atoms with Crippen LogP contribution in [0, 0.1) is 0 Å². The zero-order valence-corrected chi connectivity index (χ0v) is 25.9. The molecule has 0 aliphatic rings. The van der Waals surface area contributed by atoms with Crippen LogP contribution >= 0.6 is 0 Å². The van der Waals surface area contributed by atoms with E-state index in [4.69, 9.17) is 33.4 Å². The molecular formula is C45H27N3O2. The van der Waals surface area contributed by atoms with Gasteiger partial charge in [-0.25, -0.2) is 15.0 Å². The standard InChI is InChI=1S/C45H27N3O2/c1-3-11-28(12-4-1)30-15-9-16-32(25-30)43-46-44(48-45(47-43)37-19-10-18-36-34-17-7-8-20-39(34)50-42(36)37)33-21-23-35-38-26-31(29-13-5-2-6-14-29)22-24-40(38)49-41(35)27-33/h1-27H/i2D,5D,6D,13D,14D,21D,22D,23D,24D,26D,27D. The van der Waals surface area contributed by atoms with Gasteiger partial charge in [0.25, 0.3) is 0 Å². The number of rotatable bonds is 5. The fourth-order valence-electron chi connectivity index (χ4n) is 6.13. The SMILES string of the molecule is [2H]c1c([2H])c([2H])c(-c2c([2H])c([2H])c3oc4c([2H])c(-c5nc(-c6cccc(-c7ccccc7)c6)nc(-c6cccc7c6oc6ccccc67)n5)c([2H])c([2H])c4c3c2[2H])c([2H])c1[2H]. The van der Waals surface area contributed by atoms with Crippen molar-refractivity contribution in [1.82, 2.24) is 15.0 Å². The Labute approximate surface area is 302 Å². The van der Waals surface area contributed by atoms with Crippen molar-refractivity contribution in [1.29, 1.82) is 0 Å². The van der Waals surface area contributed by atoms with Crippen molar-refractivity contribution in [2.45, 2.75) is 0 Å². The average molecular weight is 653 g/mol. The molecule has 50 heavy (non-hydrogen) atoms. The summed E-state index contributed by atoms with van der Waals surface area (Å²) in [5, 5.41) is 1.28. The Bertz CT molecular complexity index is 3490. The second-order valence-corrected chi connectivity index (χ2v) is 11.5. The Morgan fingerprint density at radius 1 is 0.400 bits per heavy atom. The molecule has 0 bridgehead atoms. The summed E-state index contributed by atoms with van der Waals surface area (Å²) in [6, 6.07) is 23.8. The van der Waals surface area contributed by atoms with Crippen molar-refractivity contribution in [3.63, 3.8) is 0 Å². The summed E-state index contributed by atoms with van der Waals surface area (Å²) < 4.78 is 109. The molecule has 3 heterocycles. The van der Waals surface area contributed by atoms with E-state index in [1.54, 1.807) is 6.07 Å². The number of nitrogens with zero attached hydrogens (tertiary/aromatic N) is 3. The van der Waals surface area contributed by atoms with Gasteiger partial charge in [-0.3, -0.25) is 0 Å². The van der Waals surface area contributed by atoms with Gasteiger partial charge in [0.15, 0.2) is 17.5 Å². The topological polar surface area (TPSA) is 65.0 Å². The molecule has 0 aliphatic carbocycles. The lowest BCUT2D eigenvalue weighted by Crippen LogP contribution is -2.00. The van der Waals surface area contributed by atoms with E-state index in [2.05, 4.69) is 0 Å². The van der Waals surface area contributed by atoms with Crippen LogP contribution in [-0.2, 0) is 0 Å². The summed E-state index contributed by atoms with van der Waals surface area (Å²) in [5.74, 6) is 0.223. The number of benzene rings is 7. The van der Waals surface area contributed by atoms with Gasteiger partial charge in [-0.05, 0) is 64.6 Å². The van der Waals surface area contributed by atoms with Crippen molar-refractivity contribution >= 4 is 43.9 Å². The first kappa shape index (κ1) is 19.2. The molecule has 0 saturated heterocycles. The highest BCUT2D eigenvalue weighted by atomic mass is 16.3. The minimum atomic E-state index is -0.689. The number of para-hydroxylation sites is 2. The molecule has 0 atom stereocenters. The maximum atomic E-state index is 9.49. The lowest BCUT2D eigenvalue weighted by Gasteiger charge is -2.10. The summed E-state index contributed by atoms with van der Waals surface area (Å²) in [6.07, 6.45) is 0. The monoisotopic (exact) mass is 652 g/mol. The van der Waals surface area contributed by atoms with Gasteiger partial charge in [-0.15, -0.1) is 0 Å². The third-order valence-electron chi connectivity index (χ3n) is 8.49. The van der Waals surface area contributed by atoms with E-state index in [1.165, 1.54) is 0 Å². The van der Waals surface area contributed by atoms with E-state index in [0.717, 1.165) is 21.9 Å². The van der Waals surface area contributed by atoms with Gasteiger partial charge in [0.2, 0.25) is 0 Å². The van der Waals surface area contributed by atoms with Crippen LogP contribution in [0.15, 0.2) is 172 Å². The van der Waals surface area contributed by atoms with Gasteiger partial charge in [0, 0.05) is 32.7 Å². The molecule has 0 amide bonds. The number of aromatic nitrogens is 3. The van der Waals surface area contributed by atoms with Crippen LogP contribution in [0.3, 0.4) is 0 Å². The molecule has 7 aromatic carbocycles. The zero-order chi connectivity index (χ0) is 42.6. The summed E-state index contributed by atoms with van der Waals surface area (Å²) in [5.41, 5.74) is 2.35. The Morgan fingerprint density at radius 2 is 1.12 bits per heavy atom. The molecule has 0 spiro atoms. The van der Waals surface area contributed by atoms with Crippen LogP contribution in [0.4, 0.5) is 0 Å². The highest BCUT2D eigenvalue weighted by Gasteiger charge is 2.19. The van der Waals surface area contributed by atoms with E-state index in [-0.39, 0.29) is 45.0 Å². The lowest BCUT2D eigenvalue weighted by atomic mass is 10.0. The molecule has 10 aromatic rings. The maximum absolute atomic E-state index is 9.49. The van der Waals surface area contributed by atoms with E-state index < -0.39 is 77.6 Å². The van der Waals surface area contributed by atoms with E-state index in [0.29, 0.717) is 22.3 Å². The molecule has 5 nitrogen and oxygen atoms in total. The smallest absolute Gasteiger partial charge is 0.167 e. The molecule has 0 N–H and O–H groups in total. The molecule has 5 heteroatoms. The molecule has 0 fully saturated rings. The maximum Gasteiger partial charge on any atom is 0.167 e. The largest absolute Gasteiger partial charge is 0.456 e. The Balaban J connectivity index is 1.25. The van der Waals surface area contributed by atoms with Gasteiger partial charge >= 0.3 is 0 Å². The van der Waals surface area contributed by atoms with Crippen molar-refractivity contribution < 1.29 is 23.9 Å². The highest BCUT2D eigenvalue weighted by molar-refractivity contribution is 6.09. The van der Waals surface area contributed by atoms with Crippen LogP contribution in [0.5, 0.6) is 0 Å². The Morgan fingerprint density at radius 3 is 2.02 bits per heavy atom. The van der Waals surface area contributed by atoms with Gasteiger partial charge in [0.05, 0.1) is 20.6 Å². The van der Waals surface area contributed by atoms with Crippen molar-refractivity contribution in [2.75, 3.05) is 0 Å². The first-order valence-corrected chi connectivity index (χ1v) is 15.7. The van der Waals surface area contributed by atoms with Crippen LogP contribution in [0.1, 0.15) is 15.1 Å². The molecule has 0 aliphatic heterocycles. The average Bonchev–Trinajstić information content (AvgIpc) is 3.88. The van der Waals surface area contributed by atoms with Crippen molar-refractivity contribution in [3.05, 3.63) is 164 Å². The third-order valence-corrected chi connectivity index (χ3v) is 8.49. The minimum absolute atomic E-state index is 0.137. The predicted octanol–water partition coefficient (Wildman–Crippen LogP) is 12.0. The zero-order valence-electron chi connectivity index (χ0n) is 36.9. The molecule has 10 rings (SSSR count). The first-order chi connectivity index (χ1) is 29.3. The Kier molecular flexibility index (Phi) is 4.38. The van der Waals surface area contributed by atoms with E-state index in [9.17, 15) is 5.48 Å². The second kappa shape index (κ2) is 11.4. The van der Waals surface area contributed by atoms with Gasteiger partial charge < -0.3 is 8.83 Å².